The van der Waals surface area contributed by atoms with Gasteiger partial charge in [0.15, 0.2) is 0 Å². The van der Waals surface area contributed by atoms with Crippen molar-refractivity contribution in [1.29, 1.82) is 0 Å². The van der Waals surface area contributed by atoms with Gasteiger partial charge < -0.3 is 14.6 Å². The molecule has 0 unspecified atom stereocenters. The third-order valence-corrected chi connectivity index (χ3v) is 2.73. The first-order chi connectivity index (χ1) is 8.16. The Morgan fingerprint density at radius 2 is 1.82 bits per heavy atom. The highest BCUT2D eigenvalue weighted by atomic mass is 16.4. The van der Waals surface area contributed by atoms with Crippen LogP contribution in [-0.4, -0.2) is 16.2 Å². The number of aromatic carboxylic acids is 1. The van der Waals surface area contributed by atoms with E-state index in [0.29, 0.717) is 16.6 Å². The Morgan fingerprint density at radius 1 is 1.06 bits per heavy atom. The van der Waals surface area contributed by atoms with E-state index in [0.717, 1.165) is 5.39 Å². The molecule has 0 spiro atoms. The number of furan rings is 1. The summed E-state index contributed by atoms with van der Waals surface area (Å²) in [5.74, 6) is -1.43. The maximum Gasteiger partial charge on any atom is 0.339 e. The number of carboxylic acids is 1. The van der Waals surface area contributed by atoms with E-state index in [1.165, 1.54) is 12.1 Å². The molecule has 0 saturated carbocycles. The average Bonchev–Trinajstić information content (AvgIpc) is 2.65. The Bertz CT molecular complexity index is 740. The molecule has 3 rings (SSSR count). The van der Waals surface area contributed by atoms with Crippen LogP contribution in [0.1, 0.15) is 10.4 Å². The Balaban J connectivity index is 2.46. The number of benzene rings is 2. The molecular formula is C13H8O4. The zero-order chi connectivity index (χ0) is 12.0. The van der Waals surface area contributed by atoms with E-state index < -0.39 is 5.97 Å². The van der Waals surface area contributed by atoms with E-state index in [1.807, 2.05) is 18.2 Å². The molecule has 0 bridgehead atoms. The van der Waals surface area contributed by atoms with Gasteiger partial charge in [0.2, 0.25) is 0 Å². The number of hydrogen-bond acceptors (Lipinski definition) is 3. The number of carboxylic acid groups (broad SMARTS) is 1. The van der Waals surface area contributed by atoms with Crippen molar-refractivity contribution >= 4 is 27.9 Å². The number of hydrogen-bond donors (Lipinski definition) is 2. The Kier molecular flexibility index (Phi) is 1.86. The lowest BCUT2D eigenvalue weighted by molar-refractivity contribution is 0.0694. The van der Waals surface area contributed by atoms with Crippen molar-refractivity contribution in [1.82, 2.24) is 0 Å². The molecule has 4 nitrogen and oxygen atoms in total. The largest absolute Gasteiger partial charge is 0.507 e. The van der Waals surface area contributed by atoms with Gasteiger partial charge in [0.25, 0.3) is 0 Å². The summed E-state index contributed by atoms with van der Waals surface area (Å²) in [6.07, 6.45) is 0. The molecule has 0 amide bonds. The third kappa shape index (κ3) is 1.34. The van der Waals surface area contributed by atoms with Crippen LogP contribution in [0.25, 0.3) is 21.9 Å². The number of carbonyl (C=O) groups is 1. The van der Waals surface area contributed by atoms with Gasteiger partial charge >= 0.3 is 5.97 Å². The van der Waals surface area contributed by atoms with Crippen molar-refractivity contribution in [3.8, 4) is 5.75 Å². The molecule has 4 heteroatoms. The smallest absolute Gasteiger partial charge is 0.339 e. The highest BCUT2D eigenvalue weighted by molar-refractivity contribution is 6.08. The fourth-order valence-corrected chi connectivity index (χ4v) is 1.93. The van der Waals surface area contributed by atoms with Crippen LogP contribution in [0.3, 0.4) is 0 Å². The first-order valence-corrected chi connectivity index (χ1v) is 5.04. The summed E-state index contributed by atoms with van der Waals surface area (Å²) >= 11 is 0. The summed E-state index contributed by atoms with van der Waals surface area (Å²) in [5.41, 5.74) is 0.974. The molecule has 0 saturated heterocycles. The lowest BCUT2D eigenvalue weighted by Gasteiger charge is -1.98. The summed E-state index contributed by atoms with van der Waals surface area (Å²) < 4.78 is 5.52. The number of aromatic hydroxyl groups is 1. The molecule has 3 aromatic rings. The van der Waals surface area contributed by atoms with Crippen LogP contribution in [-0.2, 0) is 0 Å². The van der Waals surface area contributed by atoms with Gasteiger partial charge in [-0.05, 0) is 18.2 Å². The number of phenols is 1. The van der Waals surface area contributed by atoms with Gasteiger partial charge in [0, 0.05) is 10.8 Å². The van der Waals surface area contributed by atoms with Gasteiger partial charge in [-0.1, -0.05) is 18.2 Å². The Labute approximate surface area is 95.7 Å². The maximum atomic E-state index is 10.9. The summed E-state index contributed by atoms with van der Waals surface area (Å²) in [7, 11) is 0. The van der Waals surface area contributed by atoms with Gasteiger partial charge in [-0.15, -0.1) is 0 Å². The normalized spacial score (nSPS) is 11.1. The van der Waals surface area contributed by atoms with E-state index in [9.17, 15) is 9.90 Å². The van der Waals surface area contributed by atoms with Crippen molar-refractivity contribution in [2.75, 3.05) is 0 Å². The van der Waals surface area contributed by atoms with Crippen LogP contribution >= 0.6 is 0 Å². The fourth-order valence-electron chi connectivity index (χ4n) is 1.93. The zero-order valence-electron chi connectivity index (χ0n) is 8.68. The summed E-state index contributed by atoms with van der Waals surface area (Å²) in [5, 5.41) is 20.1. The molecule has 1 aromatic heterocycles. The second-order valence-electron chi connectivity index (χ2n) is 3.77. The molecule has 0 atom stereocenters. The van der Waals surface area contributed by atoms with Crippen LogP contribution in [0.2, 0.25) is 0 Å². The second-order valence-corrected chi connectivity index (χ2v) is 3.77. The fraction of sp³-hybridized carbons (Fsp3) is 0. The summed E-state index contributed by atoms with van der Waals surface area (Å²) in [6, 6.07) is 10.1. The lowest BCUT2D eigenvalue weighted by Crippen LogP contribution is -1.95. The molecule has 1 heterocycles. The van der Waals surface area contributed by atoms with Crippen molar-refractivity contribution in [2.24, 2.45) is 0 Å². The van der Waals surface area contributed by atoms with Gasteiger partial charge in [0.05, 0.1) is 0 Å². The second kappa shape index (κ2) is 3.25. The monoisotopic (exact) mass is 228 g/mol. The summed E-state index contributed by atoms with van der Waals surface area (Å²) in [4.78, 5) is 10.9. The zero-order valence-corrected chi connectivity index (χ0v) is 8.68. The number of rotatable bonds is 1. The molecule has 2 aromatic carbocycles. The minimum absolute atomic E-state index is 0.156. The minimum atomic E-state index is -1.18. The van der Waals surface area contributed by atoms with Crippen LogP contribution in [0.4, 0.5) is 0 Å². The third-order valence-electron chi connectivity index (χ3n) is 2.73. The highest BCUT2D eigenvalue weighted by Gasteiger charge is 2.14. The molecule has 17 heavy (non-hydrogen) atoms. The van der Waals surface area contributed by atoms with E-state index in [4.69, 9.17) is 9.52 Å². The lowest BCUT2D eigenvalue weighted by atomic mass is 10.1. The molecule has 84 valence electrons. The van der Waals surface area contributed by atoms with E-state index in [-0.39, 0.29) is 11.3 Å². The van der Waals surface area contributed by atoms with E-state index in [2.05, 4.69) is 0 Å². The van der Waals surface area contributed by atoms with Gasteiger partial charge in [0.1, 0.15) is 22.5 Å². The van der Waals surface area contributed by atoms with Crippen LogP contribution in [0.15, 0.2) is 40.8 Å². The van der Waals surface area contributed by atoms with Gasteiger partial charge in [-0.3, -0.25) is 0 Å². The van der Waals surface area contributed by atoms with E-state index >= 15 is 0 Å². The molecule has 0 radical (unpaired) electrons. The van der Waals surface area contributed by atoms with Crippen LogP contribution < -0.4 is 0 Å². The molecule has 2 N–H and O–H groups in total. The van der Waals surface area contributed by atoms with Crippen LogP contribution in [0.5, 0.6) is 5.75 Å². The minimum Gasteiger partial charge on any atom is -0.507 e. The van der Waals surface area contributed by atoms with Gasteiger partial charge in [-0.2, -0.15) is 0 Å². The highest BCUT2D eigenvalue weighted by Crippen LogP contribution is 2.33. The predicted molar refractivity (Wildman–Crippen MR) is 62.3 cm³/mol. The van der Waals surface area contributed by atoms with Gasteiger partial charge in [-0.25, -0.2) is 4.79 Å². The predicted octanol–water partition coefficient (Wildman–Crippen LogP) is 2.99. The quantitative estimate of drug-likeness (QED) is 0.671. The molecule has 0 aliphatic carbocycles. The standard InChI is InChI=1S/C13H8O4/c14-10-5-8-7-3-1-2-4-11(7)17-12(8)6-9(10)13(15)16/h1-6,14H,(H,15,16). The van der Waals surface area contributed by atoms with Crippen molar-refractivity contribution in [3.63, 3.8) is 0 Å². The maximum absolute atomic E-state index is 10.9. The number of para-hydroxylation sites is 1. The van der Waals surface area contributed by atoms with Crippen LogP contribution in [0, 0.1) is 0 Å². The van der Waals surface area contributed by atoms with E-state index in [1.54, 1.807) is 6.07 Å². The molecular weight excluding hydrogens is 220 g/mol. The first kappa shape index (κ1) is 9.72. The molecule has 0 aliphatic rings. The Morgan fingerprint density at radius 3 is 2.59 bits per heavy atom. The topological polar surface area (TPSA) is 70.7 Å². The molecule has 0 fully saturated rings. The first-order valence-electron chi connectivity index (χ1n) is 5.04. The Hall–Kier alpha value is -2.49. The number of fused-ring (bicyclic) bond motifs is 3. The molecule has 0 aliphatic heterocycles. The van der Waals surface area contributed by atoms with Crippen molar-refractivity contribution in [2.45, 2.75) is 0 Å². The van der Waals surface area contributed by atoms with Crippen molar-refractivity contribution in [3.05, 3.63) is 42.0 Å². The summed E-state index contributed by atoms with van der Waals surface area (Å²) in [6.45, 7) is 0. The SMILES string of the molecule is O=C(O)c1cc2oc3ccccc3c2cc1O. The average molecular weight is 228 g/mol. The van der Waals surface area contributed by atoms with Crippen molar-refractivity contribution < 1.29 is 19.4 Å².